The second kappa shape index (κ2) is 4.21. The van der Waals surface area contributed by atoms with Crippen LogP contribution in [0.3, 0.4) is 0 Å². The van der Waals surface area contributed by atoms with E-state index in [-0.39, 0.29) is 0 Å². The summed E-state index contributed by atoms with van der Waals surface area (Å²) in [5.41, 5.74) is 1.27. The van der Waals surface area contributed by atoms with Gasteiger partial charge in [0.2, 0.25) is 0 Å². The zero-order valence-corrected chi connectivity index (χ0v) is 4.93. The Bertz CT molecular complexity index is 115. The number of hydrogen-bond acceptors (Lipinski definition) is 0. The minimum absolute atomic E-state index is 1.18. The average molecular weight is 106 g/mol. The molecular weight excluding hydrogens is 96.1 g/mol. The molecule has 0 aliphatic heterocycles. The molecule has 0 N–H and O–H groups in total. The van der Waals surface area contributed by atoms with Crippen molar-refractivity contribution in [2.45, 2.75) is 12.8 Å². The number of rotatable bonds is 0. The van der Waals surface area contributed by atoms with Crippen LogP contribution in [-0.4, -0.2) is 0 Å². The third kappa shape index (κ3) is 2.25. The molecule has 0 fully saturated rings. The van der Waals surface area contributed by atoms with E-state index in [1.807, 2.05) is 0 Å². The van der Waals surface area contributed by atoms with E-state index in [2.05, 4.69) is 31.6 Å². The van der Waals surface area contributed by atoms with Crippen LogP contribution in [0.15, 0.2) is 24.3 Å². The van der Waals surface area contributed by atoms with E-state index in [9.17, 15) is 0 Å². The van der Waals surface area contributed by atoms with Gasteiger partial charge < -0.3 is 0 Å². The predicted octanol–water partition coefficient (Wildman–Crippen LogP) is 2.14. The van der Waals surface area contributed by atoms with Gasteiger partial charge in [0.1, 0.15) is 0 Å². The molecule has 0 nitrogen and oxygen atoms in total. The monoisotopic (exact) mass is 106 g/mol. The fourth-order valence-corrected chi connectivity index (χ4v) is 0.602. The van der Waals surface area contributed by atoms with E-state index in [4.69, 9.17) is 0 Å². The normalized spacial score (nSPS) is 15.0. The van der Waals surface area contributed by atoms with Crippen LogP contribution in [0.2, 0.25) is 0 Å². The molecule has 0 aromatic heterocycles. The molecule has 0 radical (unpaired) electrons. The standard InChI is InChI=1S/C6H8.C2H2/c1-6-4-2-3-5-6;1-2/h2,4H,1,3,5H2;1-2H. The van der Waals surface area contributed by atoms with Gasteiger partial charge in [-0.3, -0.25) is 0 Å². The van der Waals surface area contributed by atoms with Crippen molar-refractivity contribution in [3.05, 3.63) is 24.3 Å². The minimum atomic E-state index is 1.18. The van der Waals surface area contributed by atoms with Gasteiger partial charge in [-0.25, -0.2) is 0 Å². The summed E-state index contributed by atoms with van der Waals surface area (Å²) in [5, 5.41) is 0. The molecule has 0 saturated heterocycles. The largest absolute Gasteiger partial charge is 0.124 e. The van der Waals surface area contributed by atoms with E-state index >= 15 is 0 Å². The Labute approximate surface area is 50.9 Å². The van der Waals surface area contributed by atoms with Crippen molar-refractivity contribution in [1.29, 1.82) is 0 Å². The van der Waals surface area contributed by atoms with Gasteiger partial charge in [0.15, 0.2) is 0 Å². The highest BCUT2D eigenvalue weighted by atomic mass is 14.0. The average Bonchev–Trinajstić information content (AvgIpc) is 2.24. The maximum Gasteiger partial charge on any atom is -0.0250 e. The summed E-state index contributed by atoms with van der Waals surface area (Å²) in [6, 6.07) is 0. The third-order valence-electron chi connectivity index (χ3n) is 0.986. The van der Waals surface area contributed by atoms with Gasteiger partial charge in [0, 0.05) is 0 Å². The molecule has 0 saturated carbocycles. The van der Waals surface area contributed by atoms with Gasteiger partial charge in [-0.05, 0) is 12.8 Å². The summed E-state index contributed by atoms with van der Waals surface area (Å²) < 4.78 is 0. The number of allylic oxidation sites excluding steroid dienone is 3. The first kappa shape index (κ1) is 7.04. The molecule has 0 heteroatoms. The Balaban J connectivity index is 0.000000222. The highest BCUT2D eigenvalue weighted by Gasteiger charge is 1.91. The lowest BCUT2D eigenvalue weighted by Gasteiger charge is -1.78. The van der Waals surface area contributed by atoms with Crippen LogP contribution in [-0.2, 0) is 0 Å². The highest BCUT2D eigenvalue weighted by molar-refractivity contribution is 5.20. The SMILES string of the molecule is C#C.C=C1C=CCC1. The van der Waals surface area contributed by atoms with Crippen molar-refractivity contribution in [2.75, 3.05) is 0 Å². The quantitative estimate of drug-likeness (QED) is 0.415. The van der Waals surface area contributed by atoms with E-state index in [0.29, 0.717) is 0 Å². The van der Waals surface area contributed by atoms with E-state index in [0.717, 1.165) is 0 Å². The molecule has 0 spiro atoms. The smallest absolute Gasteiger partial charge is 0.0250 e. The van der Waals surface area contributed by atoms with Crippen LogP contribution in [0.1, 0.15) is 12.8 Å². The molecule has 42 valence electrons. The Kier molecular flexibility index (Phi) is 3.70. The first-order valence-electron chi connectivity index (χ1n) is 2.57. The van der Waals surface area contributed by atoms with Gasteiger partial charge in [-0.15, -0.1) is 12.8 Å². The second-order valence-electron chi connectivity index (χ2n) is 1.60. The molecule has 8 heavy (non-hydrogen) atoms. The van der Waals surface area contributed by atoms with Crippen molar-refractivity contribution >= 4 is 0 Å². The summed E-state index contributed by atoms with van der Waals surface area (Å²) in [5.74, 6) is 0. The summed E-state index contributed by atoms with van der Waals surface area (Å²) in [6.45, 7) is 3.77. The molecule has 1 rings (SSSR count). The van der Waals surface area contributed by atoms with Crippen LogP contribution in [0.25, 0.3) is 0 Å². The lowest BCUT2D eigenvalue weighted by molar-refractivity contribution is 1.07. The fourth-order valence-electron chi connectivity index (χ4n) is 0.602. The third-order valence-corrected chi connectivity index (χ3v) is 0.986. The maximum atomic E-state index is 4.00. The number of hydrogen-bond donors (Lipinski definition) is 0. The topological polar surface area (TPSA) is 0 Å². The van der Waals surface area contributed by atoms with Gasteiger partial charge >= 0.3 is 0 Å². The van der Waals surface area contributed by atoms with Crippen LogP contribution in [0, 0.1) is 12.8 Å². The molecule has 0 unspecified atom stereocenters. The maximum absolute atomic E-state index is 4.00. The minimum Gasteiger partial charge on any atom is -0.124 e. The van der Waals surface area contributed by atoms with Crippen LogP contribution in [0.4, 0.5) is 0 Å². The molecule has 0 atom stereocenters. The highest BCUT2D eigenvalue weighted by Crippen LogP contribution is 2.11. The van der Waals surface area contributed by atoms with Crippen molar-refractivity contribution in [1.82, 2.24) is 0 Å². The first-order valence-corrected chi connectivity index (χ1v) is 2.57. The summed E-state index contributed by atoms with van der Waals surface area (Å²) >= 11 is 0. The van der Waals surface area contributed by atoms with Crippen molar-refractivity contribution in [3.63, 3.8) is 0 Å². The lowest BCUT2D eigenvalue weighted by Crippen LogP contribution is -1.59. The molecular formula is C8H10. The Hall–Kier alpha value is -0.960. The molecule has 0 heterocycles. The van der Waals surface area contributed by atoms with Crippen LogP contribution < -0.4 is 0 Å². The van der Waals surface area contributed by atoms with Gasteiger partial charge in [0.25, 0.3) is 0 Å². The first-order chi connectivity index (χ1) is 3.89. The molecule has 1 aliphatic carbocycles. The fraction of sp³-hybridized carbons (Fsp3) is 0.250. The van der Waals surface area contributed by atoms with E-state index < -0.39 is 0 Å². The summed E-state index contributed by atoms with van der Waals surface area (Å²) in [7, 11) is 0. The van der Waals surface area contributed by atoms with Gasteiger partial charge in [-0.1, -0.05) is 24.3 Å². The van der Waals surface area contributed by atoms with E-state index in [1.54, 1.807) is 0 Å². The van der Waals surface area contributed by atoms with Crippen molar-refractivity contribution < 1.29 is 0 Å². The Morgan fingerprint density at radius 2 is 2.12 bits per heavy atom. The lowest BCUT2D eigenvalue weighted by atomic mass is 10.3. The Morgan fingerprint density at radius 3 is 2.25 bits per heavy atom. The summed E-state index contributed by atoms with van der Waals surface area (Å²) in [4.78, 5) is 0. The molecule has 0 aromatic carbocycles. The van der Waals surface area contributed by atoms with Gasteiger partial charge in [0.05, 0.1) is 0 Å². The van der Waals surface area contributed by atoms with Crippen molar-refractivity contribution in [2.24, 2.45) is 0 Å². The zero-order chi connectivity index (χ0) is 6.41. The molecule has 0 bridgehead atoms. The van der Waals surface area contributed by atoms with Crippen LogP contribution in [0.5, 0.6) is 0 Å². The van der Waals surface area contributed by atoms with Gasteiger partial charge in [-0.2, -0.15) is 0 Å². The molecule has 1 aliphatic rings. The zero-order valence-electron chi connectivity index (χ0n) is 4.93. The summed E-state index contributed by atoms with van der Waals surface area (Å²) in [6.07, 6.45) is 14.6. The van der Waals surface area contributed by atoms with E-state index in [1.165, 1.54) is 18.4 Å². The second-order valence-corrected chi connectivity index (χ2v) is 1.60. The van der Waals surface area contributed by atoms with Crippen molar-refractivity contribution in [3.8, 4) is 12.8 Å². The predicted molar refractivity (Wildman–Crippen MR) is 37.4 cm³/mol. The molecule has 0 aromatic rings. The Morgan fingerprint density at radius 1 is 1.50 bits per heavy atom. The van der Waals surface area contributed by atoms with Crippen LogP contribution >= 0.6 is 0 Å². The number of terminal acetylenes is 1. The molecule has 0 amide bonds.